The molecular formula is C17H35N. The summed E-state index contributed by atoms with van der Waals surface area (Å²) in [5, 5.41) is 3.90. The van der Waals surface area contributed by atoms with Crippen LogP contribution < -0.4 is 5.32 Å². The second-order valence-corrected chi connectivity index (χ2v) is 8.39. The lowest BCUT2D eigenvalue weighted by Gasteiger charge is -2.42. The summed E-state index contributed by atoms with van der Waals surface area (Å²) in [6, 6.07) is 0.733. The van der Waals surface area contributed by atoms with Gasteiger partial charge in [0.25, 0.3) is 0 Å². The molecule has 1 aliphatic carbocycles. The fourth-order valence-corrected chi connectivity index (χ4v) is 3.01. The zero-order chi connectivity index (χ0) is 14.0. The summed E-state index contributed by atoms with van der Waals surface area (Å²) in [5.41, 5.74) is 0.847. The first-order chi connectivity index (χ1) is 8.14. The van der Waals surface area contributed by atoms with Gasteiger partial charge in [0.05, 0.1) is 0 Å². The van der Waals surface area contributed by atoms with Crippen molar-refractivity contribution in [1.82, 2.24) is 5.32 Å². The van der Waals surface area contributed by atoms with Crippen molar-refractivity contribution < 1.29 is 0 Å². The van der Waals surface area contributed by atoms with Gasteiger partial charge in [-0.2, -0.15) is 0 Å². The zero-order valence-electron chi connectivity index (χ0n) is 13.8. The van der Waals surface area contributed by atoms with Crippen molar-refractivity contribution in [3.8, 4) is 0 Å². The minimum Gasteiger partial charge on any atom is -0.313 e. The molecule has 0 aromatic carbocycles. The van der Waals surface area contributed by atoms with Gasteiger partial charge in [-0.25, -0.2) is 0 Å². The van der Waals surface area contributed by atoms with E-state index in [9.17, 15) is 0 Å². The van der Waals surface area contributed by atoms with Crippen molar-refractivity contribution in [1.29, 1.82) is 0 Å². The van der Waals surface area contributed by atoms with Crippen LogP contribution in [0.4, 0.5) is 0 Å². The van der Waals surface area contributed by atoms with Gasteiger partial charge in [0.15, 0.2) is 0 Å². The van der Waals surface area contributed by atoms with Gasteiger partial charge in [0.2, 0.25) is 0 Å². The third-order valence-electron chi connectivity index (χ3n) is 5.26. The summed E-state index contributed by atoms with van der Waals surface area (Å²) in [7, 11) is 0. The fourth-order valence-electron chi connectivity index (χ4n) is 3.01. The second kappa shape index (κ2) is 5.94. The minimum atomic E-state index is 0.403. The Hall–Kier alpha value is -0.0400. The lowest BCUT2D eigenvalue weighted by atomic mass is 9.69. The van der Waals surface area contributed by atoms with Gasteiger partial charge in [-0.1, -0.05) is 61.3 Å². The first kappa shape index (κ1) is 16.0. The average molecular weight is 253 g/mol. The maximum atomic E-state index is 3.90. The number of hydrogen-bond donors (Lipinski definition) is 1. The SMILES string of the molecule is CC(C)C(C)(C)CNC1CCCCC1C(C)(C)C. The molecule has 1 heteroatoms. The Morgan fingerprint density at radius 2 is 1.56 bits per heavy atom. The molecule has 0 saturated heterocycles. The van der Waals surface area contributed by atoms with E-state index in [4.69, 9.17) is 0 Å². The number of rotatable bonds is 4. The lowest BCUT2D eigenvalue weighted by Crippen LogP contribution is -2.47. The van der Waals surface area contributed by atoms with E-state index < -0.39 is 0 Å². The average Bonchev–Trinajstić information content (AvgIpc) is 2.25. The van der Waals surface area contributed by atoms with Crippen molar-refractivity contribution in [2.24, 2.45) is 22.7 Å². The summed E-state index contributed by atoms with van der Waals surface area (Å²) < 4.78 is 0. The molecule has 0 spiro atoms. The summed E-state index contributed by atoms with van der Waals surface area (Å²) in [6.07, 6.45) is 5.61. The molecule has 0 amide bonds. The molecule has 0 aliphatic heterocycles. The van der Waals surface area contributed by atoms with Crippen LogP contribution in [-0.2, 0) is 0 Å². The number of hydrogen-bond acceptors (Lipinski definition) is 1. The normalized spacial score (nSPS) is 26.7. The highest BCUT2D eigenvalue weighted by Crippen LogP contribution is 2.38. The Morgan fingerprint density at radius 3 is 2.06 bits per heavy atom. The first-order valence-corrected chi connectivity index (χ1v) is 7.88. The van der Waals surface area contributed by atoms with Crippen LogP contribution in [-0.4, -0.2) is 12.6 Å². The standard InChI is InChI=1S/C17H35N/c1-13(2)17(6,7)12-18-15-11-9-8-10-14(15)16(3,4)5/h13-15,18H,8-12H2,1-7H3. The van der Waals surface area contributed by atoms with Crippen LogP contribution in [0.25, 0.3) is 0 Å². The number of nitrogens with one attached hydrogen (secondary N) is 1. The molecule has 0 bridgehead atoms. The van der Waals surface area contributed by atoms with E-state index in [1.807, 2.05) is 0 Å². The molecule has 0 aromatic rings. The molecule has 0 heterocycles. The van der Waals surface area contributed by atoms with Crippen LogP contribution in [0.3, 0.4) is 0 Å². The van der Waals surface area contributed by atoms with E-state index in [-0.39, 0.29) is 0 Å². The third-order valence-corrected chi connectivity index (χ3v) is 5.26. The largest absolute Gasteiger partial charge is 0.313 e. The van der Waals surface area contributed by atoms with Gasteiger partial charge >= 0.3 is 0 Å². The fraction of sp³-hybridized carbons (Fsp3) is 1.00. The highest BCUT2D eigenvalue weighted by molar-refractivity contribution is 4.89. The Kier molecular flexibility index (Phi) is 5.29. The van der Waals surface area contributed by atoms with Crippen LogP contribution >= 0.6 is 0 Å². The monoisotopic (exact) mass is 253 g/mol. The molecule has 2 unspecified atom stereocenters. The Bertz CT molecular complexity index is 247. The van der Waals surface area contributed by atoms with Crippen molar-refractivity contribution in [3.63, 3.8) is 0 Å². The van der Waals surface area contributed by atoms with Crippen molar-refractivity contribution in [2.45, 2.75) is 80.2 Å². The quantitative estimate of drug-likeness (QED) is 0.754. The molecule has 2 atom stereocenters. The van der Waals surface area contributed by atoms with Crippen LogP contribution in [0, 0.1) is 22.7 Å². The van der Waals surface area contributed by atoms with E-state index >= 15 is 0 Å². The molecule has 1 rings (SSSR count). The minimum absolute atomic E-state index is 0.403. The van der Waals surface area contributed by atoms with E-state index in [1.54, 1.807) is 0 Å². The van der Waals surface area contributed by atoms with Gasteiger partial charge < -0.3 is 5.32 Å². The molecule has 108 valence electrons. The second-order valence-electron chi connectivity index (χ2n) is 8.39. The van der Waals surface area contributed by atoms with Crippen molar-refractivity contribution in [3.05, 3.63) is 0 Å². The van der Waals surface area contributed by atoms with E-state index in [2.05, 4.69) is 53.8 Å². The maximum Gasteiger partial charge on any atom is 0.0100 e. The van der Waals surface area contributed by atoms with E-state index in [0.29, 0.717) is 10.8 Å². The summed E-state index contributed by atoms with van der Waals surface area (Å²) in [4.78, 5) is 0. The molecule has 1 nitrogen and oxygen atoms in total. The summed E-state index contributed by atoms with van der Waals surface area (Å²) >= 11 is 0. The molecule has 1 N–H and O–H groups in total. The van der Waals surface area contributed by atoms with E-state index in [0.717, 1.165) is 24.4 Å². The van der Waals surface area contributed by atoms with Gasteiger partial charge in [0.1, 0.15) is 0 Å². The molecule has 0 radical (unpaired) electrons. The van der Waals surface area contributed by atoms with Crippen LogP contribution in [0.15, 0.2) is 0 Å². The van der Waals surface area contributed by atoms with Crippen LogP contribution in [0.2, 0.25) is 0 Å². The predicted octanol–water partition coefficient (Wildman–Crippen LogP) is 4.86. The predicted molar refractivity (Wildman–Crippen MR) is 81.8 cm³/mol. The van der Waals surface area contributed by atoms with Gasteiger partial charge in [-0.15, -0.1) is 0 Å². The van der Waals surface area contributed by atoms with Crippen LogP contribution in [0.1, 0.15) is 74.1 Å². The van der Waals surface area contributed by atoms with Crippen LogP contribution in [0.5, 0.6) is 0 Å². The van der Waals surface area contributed by atoms with Gasteiger partial charge in [0, 0.05) is 12.6 Å². The van der Waals surface area contributed by atoms with E-state index in [1.165, 1.54) is 25.7 Å². The smallest absolute Gasteiger partial charge is 0.0100 e. The van der Waals surface area contributed by atoms with Crippen molar-refractivity contribution in [2.75, 3.05) is 6.54 Å². The maximum absolute atomic E-state index is 3.90. The van der Waals surface area contributed by atoms with Gasteiger partial charge in [-0.3, -0.25) is 0 Å². The zero-order valence-corrected chi connectivity index (χ0v) is 13.8. The highest BCUT2D eigenvalue weighted by Gasteiger charge is 2.35. The van der Waals surface area contributed by atoms with Gasteiger partial charge in [-0.05, 0) is 35.5 Å². The molecule has 18 heavy (non-hydrogen) atoms. The molecular weight excluding hydrogens is 218 g/mol. The summed E-state index contributed by atoms with van der Waals surface area (Å²) in [6.45, 7) is 17.8. The summed E-state index contributed by atoms with van der Waals surface area (Å²) in [5.74, 6) is 1.58. The molecule has 1 aliphatic rings. The Balaban J connectivity index is 2.58. The first-order valence-electron chi connectivity index (χ1n) is 7.88. The molecule has 1 fully saturated rings. The Morgan fingerprint density at radius 1 is 1.00 bits per heavy atom. The highest BCUT2D eigenvalue weighted by atomic mass is 14.9. The third kappa shape index (κ3) is 4.26. The Labute approximate surface area is 115 Å². The molecule has 1 saturated carbocycles. The van der Waals surface area contributed by atoms with Crippen molar-refractivity contribution >= 4 is 0 Å². The topological polar surface area (TPSA) is 12.0 Å². The molecule has 0 aromatic heterocycles. The lowest BCUT2D eigenvalue weighted by molar-refractivity contribution is 0.115.